The number of amides is 1. The molecule has 1 saturated heterocycles. The molecule has 168 valence electrons. The fourth-order valence-corrected chi connectivity index (χ4v) is 6.95. The molecule has 0 aromatic carbocycles. The molecule has 1 unspecified atom stereocenters. The van der Waals surface area contributed by atoms with Crippen LogP contribution < -0.4 is 4.72 Å². The van der Waals surface area contributed by atoms with Crippen LogP contribution in [0, 0.1) is 11.8 Å². The molecular formula is C21H37NO5S2. The van der Waals surface area contributed by atoms with E-state index >= 15 is 0 Å². The maximum absolute atomic E-state index is 11.6. The Morgan fingerprint density at radius 3 is 2.69 bits per heavy atom. The highest BCUT2D eigenvalue weighted by Gasteiger charge is 2.47. The molecule has 0 radical (unpaired) electrons. The summed E-state index contributed by atoms with van der Waals surface area (Å²) in [6, 6.07) is 0. The quantitative estimate of drug-likeness (QED) is 0.314. The van der Waals surface area contributed by atoms with Crippen LogP contribution in [0.15, 0.2) is 12.2 Å². The van der Waals surface area contributed by atoms with Gasteiger partial charge in [0.2, 0.25) is 15.9 Å². The number of nitrogens with one attached hydrogen (secondary N) is 1. The molecule has 1 amide bonds. The van der Waals surface area contributed by atoms with E-state index in [2.05, 4.69) is 6.92 Å². The molecule has 29 heavy (non-hydrogen) atoms. The number of aliphatic hydroxyl groups excluding tert-OH is 2. The molecule has 6 nitrogen and oxygen atoms in total. The SMILES string of the molecule is CCCCC[C@H](O)C=C[C@@H]1[C@H]2CC(CCCCC(=O)NS(C)(=O)=O)S[C@@H]2C[C@H]1O. The zero-order chi connectivity index (χ0) is 21.4. The highest BCUT2D eigenvalue weighted by molar-refractivity contribution is 8.00. The predicted molar refractivity (Wildman–Crippen MR) is 118 cm³/mol. The Hall–Kier alpha value is -0.570. The van der Waals surface area contributed by atoms with Crippen LogP contribution in [0.25, 0.3) is 0 Å². The van der Waals surface area contributed by atoms with Gasteiger partial charge in [-0.2, -0.15) is 11.8 Å². The molecule has 1 aliphatic carbocycles. The molecule has 1 aliphatic heterocycles. The highest BCUT2D eigenvalue weighted by atomic mass is 32.2. The molecule has 1 heterocycles. The lowest BCUT2D eigenvalue weighted by atomic mass is 9.89. The van der Waals surface area contributed by atoms with E-state index in [1.54, 1.807) is 0 Å². The van der Waals surface area contributed by atoms with Crippen LogP contribution in [-0.2, 0) is 14.8 Å². The minimum atomic E-state index is -3.47. The van der Waals surface area contributed by atoms with Crippen molar-refractivity contribution < 1.29 is 23.4 Å². The molecule has 0 bridgehead atoms. The number of thioether (sulfide) groups is 1. The zero-order valence-corrected chi connectivity index (χ0v) is 19.3. The Balaban J connectivity index is 1.72. The Morgan fingerprint density at radius 1 is 1.24 bits per heavy atom. The van der Waals surface area contributed by atoms with Crippen LogP contribution >= 0.6 is 11.8 Å². The molecule has 2 rings (SSSR count). The number of carbonyl (C=O) groups excluding carboxylic acids is 1. The average Bonchev–Trinajstić information content (AvgIpc) is 3.12. The molecule has 0 spiro atoms. The van der Waals surface area contributed by atoms with E-state index in [0.29, 0.717) is 22.8 Å². The van der Waals surface area contributed by atoms with E-state index in [0.717, 1.165) is 57.6 Å². The molecule has 2 fully saturated rings. The summed E-state index contributed by atoms with van der Waals surface area (Å²) in [5.41, 5.74) is 0. The second kappa shape index (κ2) is 11.7. The largest absolute Gasteiger partial charge is 0.392 e. The number of aliphatic hydroxyl groups is 2. The Kier molecular flexibility index (Phi) is 9.98. The van der Waals surface area contributed by atoms with Gasteiger partial charge in [-0.05, 0) is 38.0 Å². The maximum atomic E-state index is 11.6. The second-order valence-corrected chi connectivity index (χ2v) is 11.9. The molecule has 8 heteroatoms. The summed E-state index contributed by atoms with van der Waals surface area (Å²) in [6.45, 7) is 2.15. The van der Waals surface area contributed by atoms with E-state index in [-0.39, 0.29) is 18.4 Å². The summed E-state index contributed by atoms with van der Waals surface area (Å²) < 4.78 is 24.1. The minimum Gasteiger partial charge on any atom is -0.392 e. The van der Waals surface area contributed by atoms with E-state index in [4.69, 9.17) is 0 Å². The number of rotatable bonds is 12. The van der Waals surface area contributed by atoms with Gasteiger partial charge in [-0.15, -0.1) is 0 Å². The number of unbranched alkanes of at least 4 members (excludes halogenated alkanes) is 3. The standard InChI is InChI=1S/C21H37NO5S2/c1-3-4-5-8-15(23)11-12-17-18-13-16(28-20(18)14-19(17)24)9-6-7-10-21(25)22-29(2,26)27/h11-12,15-20,23-24H,3-10,13-14H2,1-2H3,(H,22,25)/t15-,16?,17+,18+,19+,20+/m0/s1. The van der Waals surface area contributed by atoms with E-state index < -0.39 is 22.0 Å². The molecule has 2 aliphatic rings. The second-order valence-electron chi connectivity index (χ2n) is 8.57. The van der Waals surface area contributed by atoms with Crippen molar-refractivity contribution in [3.63, 3.8) is 0 Å². The first-order valence-corrected chi connectivity index (χ1v) is 13.7. The van der Waals surface area contributed by atoms with Crippen molar-refractivity contribution in [3.8, 4) is 0 Å². The van der Waals surface area contributed by atoms with Gasteiger partial charge in [0.05, 0.1) is 18.5 Å². The molecular weight excluding hydrogens is 410 g/mol. The third kappa shape index (κ3) is 8.59. The molecule has 6 atom stereocenters. The van der Waals surface area contributed by atoms with Gasteiger partial charge in [-0.1, -0.05) is 44.8 Å². The summed E-state index contributed by atoms with van der Waals surface area (Å²) in [5, 5.41) is 21.6. The van der Waals surface area contributed by atoms with Crippen LogP contribution in [0.1, 0.15) is 71.1 Å². The number of hydrogen-bond donors (Lipinski definition) is 3. The van der Waals surface area contributed by atoms with Crippen molar-refractivity contribution in [2.75, 3.05) is 6.26 Å². The van der Waals surface area contributed by atoms with Gasteiger partial charge < -0.3 is 10.2 Å². The predicted octanol–water partition coefficient (Wildman–Crippen LogP) is 2.99. The topological polar surface area (TPSA) is 104 Å². The molecule has 0 aromatic heterocycles. The van der Waals surface area contributed by atoms with Gasteiger partial charge in [0.15, 0.2) is 0 Å². The number of hydrogen-bond acceptors (Lipinski definition) is 6. The third-order valence-electron chi connectivity index (χ3n) is 5.93. The number of sulfonamides is 1. The lowest BCUT2D eigenvalue weighted by molar-refractivity contribution is -0.119. The van der Waals surface area contributed by atoms with Crippen LogP contribution in [-0.4, -0.2) is 53.5 Å². The van der Waals surface area contributed by atoms with Gasteiger partial charge in [-0.3, -0.25) is 9.52 Å². The number of carbonyl (C=O) groups is 1. The lowest BCUT2D eigenvalue weighted by Crippen LogP contribution is -2.28. The average molecular weight is 448 g/mol. The Bertz CT molecular complexity index is 651. The zero-order valence-electron chi connectivity index (χ0n) is 17.6. The maximum Gasteiger partial charge on any atom is 0.233 e. The summed E-state index contributed by atoms with van der Waals surface area (Å²) >= 11 is 1.96. The first kappa shape index (κ1) is 24.7. The summed E-state index contributed by atoms with van der Waals surface area (Å²) in [7, 11) is -3.47. The van der Waals surface area contributed by atoms with Crippen molar-refractivity contribution >= 4 is 27.7 Å². The van der Waals surface area contributed by atoms with Gasteiger partial charge in [0, 0.05) is 22.8 Å². The van der Waals surface area contributed by atoms with Crippen LogP contribution in [0.2, 0.25) is 0 Å². The Morgan fingerprint density at radius 2 is 2.00 bits per heavy atom. The summed E-state index contributed by atoms with van der Waals surface area (Å²) in [6.07, 6.45) is 13.0. The van der Waals surface area contributed by atoms with Gasteiger partial charge in [-0.25, -0.2) is 8.42 Å². The first-order chi connectivity index (χ1) is 13.7. The lowest BCUT2D eigenvalue weighted by Gasteiger charge is -2.18. The monoisotopic (exact) mass is 447 g/mol. The molecule has 0 aromatic rings. The summed E-state index contributed by atoms with van der Waals surface area (Å²) in [5.74, 6) is 0.140. The van der Waals surface area contributed by atoms with E-state index in [9.17, 15) is 23.4 Å². The van der Waals surface area contributed by atoms with E-state index in [1.165, 1.54) is 0 Å². The third-order valence-corrected chi connectivity index (χ3v) is 8.23. The van der Waals surface area contributed by atoms with Gasteiger partial charge in [0.25, 0.3) is 0 Å². The fourth-order valence-electron chi connectivity index (χ4n) is 4.50. The highest BCUT2D eigenvalue weighted by Crippen LogP contribution is 2.52. The van der Waals surface area contributed by atoms with Gasteiger partial charge in [0.1, 0.15) is 0 Å². The molecule has 1 saturated carbocycles. The minimum absolute atomic E-state index is 0.124. The summed E-state index contributed by atoms with van der Waals surface area (Å²) in [4.78, 5) is 11.6. The van der Waals surface area contributed by atoms with Crippen molar-refractivity contribution in [2.45, 2.75) is 93.8 Å². The van der Waals surface area contributed by atoms with Crippen molar-refractivity contribution in [3.05, 3.63) is 12.2 Å². The van der Waals surface area contributed by atoms with Crippen molar-refractivity contribution in [1.29, 1.82) is 0 Å². The van der Waals surface area contributed by atoms with E-state index in [1.807, 2.05) is 28.6 Å². The normalized spacial score (nSPS) is 30.6. The Labute approximate surface area is 180 Å². The van der Waals surface area contributed by atoms with Crippen molar-refractivity contribution in [2.24, 2.45) is 11.8 Å². The number of fused-ring (bicyclic) bond motifs is 1. The van der Waals surface area contributed by atoms with Crippen LogP contribution in [0.4, 0.5) is 0 Å². The smallest absolute Gasteiger partial charge is 0.233 e. The molecule has 3 N–H and O–H groups in total. The first-order valence-electron chi connectivity index (χ1n) is 10.9. The van der Waals surface area contributed by atoms with Crippen molar-refractivity contribution in [1.82, 2.24) is 4.72 Å². The van der Waals surface area contributed by atoms with Crippen LogP contribution in [0.5, 0.6) is 0 Å². The van der Waals surface area contributed by atoms with Crippen LogP contribution in [0.3, 0.4) is 0 Å². The van der Waals surface area contributed by atoms with Gasteiger partial charge >= 0.3 is 0 Å². The fraction of sp³-hybridized carbons (Fsp3) is 0.857.